The summed E-state index contributed by atoms with van der Waals surface area (Å²) < 4.78 is 26.1. The van der Waals surface area contributed by atoms with E-state index in [9.17, 15) is 18.0 Å². The van der Waals surface area contributed by atoms with Crippen LogP contribution < -0.4 is 29.6 Å². The summed E-state index contributed by atoms with van der Waals surface area (Å²) >= 11 is 0. The average Bonchev–Trinajstić information content (AvgIpc) is 2.27. The van der Waals surface area contributed by atoms with Crippen LogP contribution in [0.1, 0.15) is 26.3 Å². The predicted octanol–water partition coefficient (Wildman–Crippen LogP) is -1.85. The molecule has 0 radical (unpaired) electrons. The van der Waals surface area contributed by atoms with Crippen LogP contribution in [-0.2, 0) is 23.9 Å². The quantitative estimate of drug-likeness (QED) is 0.396. The number of hydrogen-bond acceptors (Lipinski definition) is 6. The molecule has 1 N–H and O–H groups in total. The molecule has 92 valence electrons. The van der Waals surface area contributed by atoms with Crippen molar-refractivity contribution >= 4 is 22.6 Å². The zero-order valence-corrected chi connectivity index (χ0v) is 12.9. The fourth-order valence-electron chi connectivity index (χ4n) is 1.33. The number of carboxylic acids is 1. The molecule has 6 nitrogen and oxygen atoms in total. The van der Waals surface area contributed by atoms with Crippen LogP contribution in [0.2, 0.25) is 0 Å². The van der Waals surface area contributed by atoms with E-state index >= 15 is 0 Å². The molecule has 18 heavy (non-hydrogen) atoms. The minimum Gasteiger partial charge on any atom is -0.478 e. The van der Waals surface area contributed by atoms with E-state index in [4.69, 9.17) is 5.11 Å². The molecule has 0 heterocycles. The van der Waals surface area contributed by atoms with Crippen LogP contribution in [0.5, 0.6) is 0 Å². The Bertz CT molecular complexity index is 556. The minimum absolute atomic E-state index is 0. The minimum atomic E-state index is -2.61. The van der Waals surface area contributed by atoms with Gasteiger partial charge in [-0.05, 0) is 23.2 Å². The van der Waals surface area contributed by atoms with Gasteiger partial charge < -0.3 is 18.3 Å². The molecule has 0 bridgehead atoms. The number of esters is 1. The van der Waals surface area contributed by atoms with E-state index in [0.717, 1.165) is 19.2 Å². The maximum atomic E-state index is 11.4. The molecule has 8 heteroatoms. The molecule has 1 aromatic carbocycles. The van der Waals surface area contributed by atoms with Gasteiger partial charge in [-0.25, -0.2) is 9.59 Å². The molecule has 0 aliphatic rings. The van der Waals surface area contributed by atoms with Gasteiger partial charge in [0.05, 0.1) is 18.2 Å². The fourth-order valence-corrected chi connectivity index (χ4v) is 1.76. The first kappa shape index (κ1) is 17.1. The standard InChI is InChI=1S/C10H9O6S.Na/c1-5-7(9(11)12)3-6(17(14)15)4-8(5)10(13)16-2;/h3-4H,1-2H3,(H,11,12);/q-1;+1. The summed E-state index contributed by atoms with van der Waals surface area (Å²) in [5, 5.41) is 8.90. The molecule has 1 rings (SSSR count). The van der Waals surface area contributed by atoms with Gasteiger partial charge in [0.2, 0.25) is 0 Å². The second-order valence-corrected chi connectivity index (χ2v) is 4.12. The molecule has 0 spiro atoms. The second-order valence-electron chi connectivity index (χ2n) is 3.17. The number of carbonyl (C=O) groups excluding carboxylic acids is 1. The molecule has 0 saturated heterocycles. The fraction of sp³-hybridized carbons (Fsp3) is 0.200. The van der Waals surface area contributed by atoms with Crippen LogP contribution in [0, 0.1) is 6.92 Å². The first-order chi connectivity index (χ1) is 7.88. The van der Waals surface area contributed by atoms with Crippen molar-refractivity contribution in [1.29, 1.82) is 0 Å². The van der Waals surface area contributed by atoms with E-state index in [-0.39, 0.29) is 51.1 Å². The van der Waals surface area contributed by atoms with Crippen molar-refractivity contribution in [3.05, 3.63) is 28.8 Å². The van der Waals surface area contributed by atoms with E-state index in [1.54, 1.807) is 0 Å². The van der Waals surface area contributed by atoms with Crippen molar-refractivity contribution in [3.8, 4) is 0 Å². The largest absolute Gasteiger partial charge is 1.00 e. The summed E-state index contributed by atoms with van der Waals surface area (Å²) in [6, 6.07) is 2.07. The molecule has 0 aliphatic heterocycles. The molecule has 0 aromatic heterocycles. The van der Waals surface area contributed by atoms with Crippen LogP contribution in [0.4, 0.5) is 0 Å². The summed E-state index contributed by atoms with van der Waals surface area (Å²) in [6.45, 7) is 1.41. The Morgan fingerprint density at radius 3 is 2.11 bits per heavy atom. The SMILES string of the molecule is COC(=O)c1cc([S-](=O)=O)cc(C(=O)O)c1C.[Na+]. The monoisotopic (exact) mass is 280 g/mol. The summed E-state index contributed by atoms with van der Waals surface area (Å²) in [6.07, 6.45) is 0. The van der Waals surface area contributed by atoms with E-state index in [0.29, 0.717) is 0 Å². The molecule has 0 unspecified atom stereocenters. The molecule has 0 aliphatic carbocycles. The molecule has 0 fully saturated rings. The number of methoxy groups -OCH3 is 1. The van der Waals surface area contributed by atoms with E-state index in [1.807, 2.05) is 0 Å². The Kier molecular flexibility index (Phi) is 6.55. The van der Waals surface area contributed by atoms with Gasteiger partial charge in [0.1, 0.15) is 0 Å². The number of ether oxygens (including phenoxy) is 1. The van der Waals surface area contributed by atoms with Crippen LogP contribution >= 0.6 is 0 Å². The van der Waals surface area contributed by atoms with Crippen molar-refractivity contribution in [2.45, 2.75) is 11.8 Å². The Morgan fingerprint density at radius 2 is 1.72 bits per heavy atom. The summed E-state index contributed by atoms with van der Waals surface area (Å²) in [5.41, 5.74) is -0.155. The Hall–Kier alpha value is -0.890. The third-order valence-corrected chi connectivity index (χ3v) is 2.83. The Labute approximate surface area is 127 Å². The van der Waals surface area contributed by atoms with Crippen LogP contribution in [0.3, 0.4) is 0 Å². The Morgan fingerprint density at radius 1 is 1.22 bits per heavy atom. The van der Waals surface area contributed by atoms with Crippen LogP contribution in [-0.4, -0.2) is 24.2 Å². The van der Waals surface area contributed by atoms with Crippen molar-refractivity contribution in [1.82, 2.24) is 0 Å². The first-order valence-electron chi connectivity index (χ1n) is 4.44. The van der Waals surface area contributed by atoms with Gasteiger partial charge in [-0.1, -0.05) is 17.0 Å². The number of rotatable bonds is 3. The third-order valence-electron chi connectivity index (χ3n) is 2.21. The van der Waals surface area contributed by atoms with Gasteiger partial charge in [-0.2, -0.15) is 0 Å². The predicted molar refractivity (Wildman–Crippen MR) is 56.5 cm³/mol. The van der Waals surface area contributed by atoms with E-state index in [2.05, 4.69) is 4.74 Å². The number of hydrogen-bond donors (Lipinski definition) is 1. The van der Waals surface area contributed by atoms with Crippen molar-refractivity contribution in [2.75, 3.05) is 7.11 Å². The van der Waals surface area contributed by atoms with Gasteiger partial charge in [0.15, 0.2) is 0 Å². The molecule has 0 saturated carbocycles. The number of benzene rings is 1. The van der Waals surface area contributed by atoms with Gasteiger partial charge in [-0.3, -0.25) is 0 Å². The zero-order valence-electron chi connectivity index (χ0n) is 10.1. The normalized spacial score (nSPS) is 9.72. The topological polar surface area (TPSA) is 97.7 Å². The summed E-state index contributed by atoms with van der Waals surface area (Å²) in [5.74, 6) is -2.09. The average molecular weight is 280 g/mol. The Balaban J connectivity index is 0.00000289. The van der Waals surface area contributed by atoms with Gasteiger partial charge in [0.25, 0.3) is 0 Å². The number of carboxylic acid groups (broad SMARTS) is 1. The number of carbonyl (C=O) groups is 2. The maximum Gasteiger partial charge on any atom is 1.00 e. The summed E-state index contributed by atoms with van der Waals surface area (Å²) in [7, 11) is -1.49. The molecular formula is C10H9NaO6S. The first-order valence-corrected chi connectivity index (χ1v) is 5.51. The number of aromatic carboxylic acids is 1. The molecule has 1 aromatic rings. The smallest absolute Gasteiger partial charge is 0.478 e. The molecular weight excluding hydrogens is 271 g/mol. The van der Waals surface area contributed by atoms with Gasteiger partial charge in [0, 0.05) is 0 Å². The van der Waals surface area contributed by atoms with Crippen LogP contribution in [0.15, 0.2) is 17.0 Å². The van der Waals surface area contributed by atoms with E-state index in [1.165, 1.54) is 6.92 Å². The third kappa shape index (κ3) is 3.55. The zero-order chi connectivity index (χ0) is 13.2. The van der Waals surface area contributed by atoms with Gasteiger partial charge in [-0.15, -0.1) is 0 Å². The second kappa shape index (κ2) is 6.89. The van der Waals surface area contributed by atoms with Crippen molar-refractivity contribution < 1.29 is 57.4 Å². The van der Waals surface area contributed by atoms with Crippen molar-refractivity contribution in [2.24, 2.45) is 0 Å². The van der Waals surface area contributed by atoms with Crippen molar-refractivity contribution in [3.63, 3.8) is 0 Å². The van der Waals surface area contributed by atoms with Crippen LogP contribution in [0.25, 0.3) is 0 Å². The van der Waals surface area contributed by atoms with Gasteiger partial charge >= 0.3 is 41.5 Å². The molecule has 0 amide bonds. The van der Waals surface area contributed by atoms with E-state index < -0.39 is 22.6 Å². The summed E-state index contributed by atoms with van der Waals surface area (Å²) in [4.78, 5) is 22.0. The molecule has 0 atom stereocenters. The maximum absolute atomic E-state index is 11.4.